The minimum absolute atomic E-state index is 0.0239. The number of nitro groups is 1. The summed E-state index contributed by atoms with van der Waals surface area (Å²) in [5.41, 5.74) is 3.30. The lowest BCUT2D eigenvalue weighted by Crippen LogP contribution is -2.28. The Balaban J connectivity index is 1.76. The first-order valence-corrected chi connectivity index (χ1v) is 10.5. The normalized spacial score (nSPS) is 13.9. The van der Waals surface area contributed by atoms with Crippen molar-refractivity contribution in [2.45, 2.75) is 59.0 Å². The highest BCUT2D eigenvalue weighted by atomic mass is 16.6. The largest absolute Gasteiger partial charge is 0.419 e. The highest BCUT2D eigenvalue weighted by molar-refractivity contribution is 5.55. The Morgan fingerprint density at radius 2 is 1.58 bits per heavy atom. The van der Waals surface area contributed by atoms with Crippen LogP contribution in [0.4, 0.5) is 5.69 Å². The van der Waals surface area contributed by atoms with Crippen LogP contribution >= 0.6 is 0 Å². The smallest absolute Gasteiger partial charge is 0.269 e. The molecule has 0 bridgehead atoms. The number of hydrogen-bond acceptors (Lipinski definition) is 6. The van der Waals surface area contributed by atoms with E-state index in [1.165, 1.54) is 23.3 Å². The fraction of sp³-hybridized carbons (Fsp3) is 0.417. The van der Waals surface area contributed by atoms with Crippen molar-refractivity contribution >= 4 is 5.69 Å². The summed E-state index contributed by atoms with van der Waals surface area (Å²) in [6.45, 7) is 13.0. The minimum atomic E-state index is -0.435. The van der Waals surface area contributed by atoms with E-state index in [2.05, 4.69) is 74.4 Å². The number of nitrogens with zero attached hydrogens (tertiary/aromatic N) is 3. The average Bonchev–Trinajstić information content (AvgIpc) is 3.21. The van der Waals surface area contributed by atoms with E-state index in [4.69, 9.17) is 4.42 Å². The van der Waals surface area contributed by atoms with Crippen molar-refractivity contribution in [3.8, 4) is 11.5 Å². The first-order valence-electron chi connectivity index (χ1n) is 10.5. The summed E-state index contributed by atoms with van der Waals surface area (Å²) in [5, 5.41) is 22.7. The third kappa shape index (κ3) is 5.35. The molecule has 164 valence electrons. The number of benzene rings is 2. The highest BCUT2D eigenvalue weighted by Gasteiger charge is 2.23. The lowest BCUT2D eigenvalue weighted by atomic mass is 9.85. The molecule has 7 nitrogen and oxygen atoms in total. The van der Waals surface area contributed by atoms with Gasteiger partial charge in [0.1, 0.15) is 0 Å². The summed E-state index contributed by atoms with van der Waals surface area (Å²) >= 11 is 0. The lowest BCUT2D eigenvalue weighted by molar-refractivity contribution is -0.384. The van der Waals surface area contributed by atoms with Gasteiger partial charge in [0.05, 0.1) is 11.0 Å². The predicted octanol–water partition coefficient (Wildman–Crippen LogP) is 5.99. The Hall–Kier alpha value is -3.06. The Labute approximate surface area is 183 Å². The summed E-state index contributed by atoms with van der Waals surface area (Å²) in [5.74, 6) is 1.18. The van der Waals surface area contributed by atoms with Crippen LogP contribution in [0.1, 0.15) is 70.6 Å². The van der Waals surface area contributed by atoms with Crippen molar-refractivity contribution in [2.75, 3.05) is 0 Å². The zero-order valence-electron chi connectivity index (χ0n) is 18.9. The van der Waals surface area contributed by atoms with Crippen LogP contribution in [0.5, 0.6) is 0 Å². The van der Waals surface area contributed by atoms with Crippen molar-refractivity contribution in [2.24, 2.45) is 5.92 Å². The molecule has 0 saturated heterocycles. The second kappa shape index (κ2) is 8.98. The molecule has 0 amide bonds. The van der Waals surface area contributed by atoms with E-state index in [-0.39, 0.29) is 23.2 Å². The van der Waals surface area contributed by atoms with E-state index >= 15 is 0 Å². The number of non-ortho nitro benzene ring substituents is 1. The van der Waals surface area contributed by atoms with Gasteiger partial charge in [-0.2, -0.15) is 0 Å². The molecule has 2 aromatic carbocycles. The van der Waals surface area contributed by atoms with Gasteiger partial charge in [0.2, 0.25) is 11.8 Å². The first-order chi connectivity index (χ1) is 14.6. The minimum Gasteiger partial charge on any atom is -0.419 e. The van der Waals surface area contributed by atoms with Gasteiger partial charge in [-0.05, 0) is 41.5 Å². The summed E-state index contributed by atoms with van der Waals surface area (Å²) in [7, 11) is 0. The molecule has 0 radical (unpaired) electrons. The topological polar surface area (TPSA) is 94.1 Å². The molecule has 0 spiro atoms. The first kappa shape index (κ1) is 22.6. The summed E-state index contributed by atoms with van der Waals surface area (Å²) in [6.07, 6.45) is 0. The summed E-state index contributed by atoms with van der Waals surface area (Å²) in [4.78, 5) is 10.4. The maximum Gasteiger partial charge on any atom is 0.269 e. The van der Waals surface area contributed by atoms with Gasteiger partial charge in [-0.1, -0.05) is 58.9 Å². The molecule has 0 aliphatic heterocycles. The number of rotatable bonds is 7. The van der Waals surface area contributed by atoms with Gasteiger partial charge in [0.15, 0.2) is 0 Å². The van der Waals surface area contributed by atoms with Gasteiger partial charge < -0.3 is 4.42 Å². The molecule has 0 aliphatic rings. The lowest BCUT2D eigenvalue weighted by Gasteiger charge is -2.27. The zero-order chi connectivity index (χ0) is 22.8. The van der Waals surface area contributed by atoms with Crippen molar-refractivity contribution in [3.05, 3.63) is 75.7 Å². The Morgan fingerprint density at radius 1 is 0.968 bits per heavy atom. The fourth-order valence-electron chi connectivity index (χ4n) is 3.46. The number of aromatic nitrogens is 2. The zero-order valence-corrected chi connectivity index (χ0v) is 18.9. The second-order valence-corrected chi connectivity index (χ2v) is 9.23. The maximum absolute atomic E-state index is 10.8. The van der Waals surface area contributed by atoms with Crippen LogP contribution in [0.25, 0.3) is 11.5 Å². The average molecular weight is 423 g/mol. The predicted molar refractivity (Wildman–Crippen MR) is 121 cm³/mol. The van der Waals surface area contributed by atoms with Crippen LogP contribution < -0.4 is 5.32 Å². The number of nitro benzene ring substituents is 1. The molecule has 0 unspecified atom stereocenters. The van der Waals surface area contributed by atoms with E-state index in [9.17, 15) is 10.1 Å². The van der Waals surface area contributed by atoms with E-state index < -0.39 is 4.92 Å². The molecule has 1 N–H and O–H groups in total. The van der Waals surface area contributed by atoms with Crippen LogP contribution in [0.2, 0.25) is 0 Å². The van der Waals surface area contributed by atoms with Crippen molar-refractivity contribution in [3.63, 3.8) is 0 Å². The van der Waals surface area contributed by atoms with Gasteiger partial charge in [0.25, 0.3) is 5.69 Å². The fourth-order valence-corrected chi connectivity index (χ4v) is 3.46. The van der Waals surface area contributed by atoms with E-state index in [1.54, 1.807) is 12.1 Å². The van der Waals surface area contributed by atoms with Crippen LogP contribution in [-0.2, 0) is 5.41 Å². The summed E-state index contributed by atoms with van der Waals surface area (Å²) < 4.78 is 5.86. The van der Waals surface area contributed by atoms with Gasteiger partial charge in [-0.25, -0.2) is 0 Å². The third-order valence-corrected chi connectivity index (χ3v) is 5.37. The van der Waals surface area contributed by atoms with Crippen LogP contribution in [0.3, 0.4) is 0 Å². The molecule has 3 rings (SSSR count). The van der Waals surface area contributed by atoms with Crippen molar-refractivity contribution in [1.29, 1.82) is 0 Å². The van der Waals surface area contributed by atoms with Gasteiger partial charge in [-0.3, -0.25) is 15.4 Å². The monoisotopic (exact) mass is 422 g/mol. The molecule has 3 aromatic rings. The molecule has 31 heavy (non-hydrogen) atoms. The van der Waals surface area contributed by atoms with E-state index in [0.29, 0.717) is 23.3 Å². The van der Waals surface area contributed by atoms with E-state index in [1.807, 2.05) is 6.92 Å². The number of nitrogens with one attached hydrogen (secondary N) is 1. The van der Waals surface area contributed by atoms with Crippen LogP contribution in [-0.4, -0.2) is 15.1 Å². The van der Waals surface area contributed by atoms with Gasteiger partial charge in [-0.15, -0.1) is 10.2 Å². The molecule has 0 saturated carbocycles. The molecule has 7 heteroatoms. The van der Waals surface area contributed by atoms with E-state index in [0.717, 1.165) is 0 Å². The molecule has 2 atom stereocenters. The molecule has 0 fully saturated rings. The quantitative estimate of drug-likeness (QED) is 0.371. The van der Waals surface area contributed by atoms with Crippen LogP contribution in [0.15, 0.2) is 52.9 Å². The second-order valence-electron chi connectivity index (χ2n) is 9.23. The maximum atomic E-state index is 10.8. The van der Waals surface area contributed by atoms with Crippen molar-refractivity contribution < 1.29 is 9.34 Å². The van der Waals surface area contributed by atoms with Crippen molar-refractivity contribution in [1.82, 2.24) is 15.5 Å². The van der Waals surface area contributed by atoms with Crippen LogP contribution in [0, 0.1) is 16.0 Å². The molecule has 0 aliphatic carbocycles. The number of hydrogen-bond donors (Lipinski definition) is 1. The summed E-state index contributed by atoms with van der Waals surface area (Å²) in [6, 6.07) is 14.8. The molecular weight excluding hydrogens is 392 g/mol. The molecular formula is C24H30N4O3. The molecule has 1 aromatic heterocycles. The van der Waals surface area contributed by atoms with Gasteiger partial charge >= 0.3 is 0 Å². The Morgan fingerprint density at radius 3 is 2.10 bits per heavy atom. The SMILES string of the molecule is CC(C)[C@H](N[C@H](C)c1nnc(-c2ccc([N+](=O)[O-])cc2)o1)c1ccc(C(C)(C)C)cc1. The Kier molecular flexibility index (Phi) is 6.55. The van der Waals surface area contributed by atoms with Gasteiger partial charge in [0, 0.05) is 23.7 Å². The standard InChI is InChI=1S/C24H30N4O3/c1-15(2)21(17-7-11-19(12-8-17)24(4,5)6)25-16(3)22-26-27-23(31-22)18-9-13-20(14-10-18)28(29)30/h7-16,21,25H,1-6H3/t16-,21+/m1/s1. The highest BCUT2D eigenvalue weighted by Crippen LogP contribution is 2.29. The third-order valence-electron chi connectivity index (χ3n) is 5.37. The molecule has 1 heterocycles. The Bertz CT molecular complexity index is 1020.